The molecule has 0 spiro atoms. The summed E-state index contributed by atoms with van der Waals surface area (Å²) in [5.41, 5.74) is 0.442. The first-order valence-electron chi connectivity index (χ1n) is 8.41. The quantitative estimate of drug-likeness (QED) is 0.768. The number of amides is 2. The van der Waals surface area contributed by atoms with Crippen molar-refractivity contribution >= 4 is 23.5 Å². The van der Waals surface area contributed by atoms with Crippen molar-refractivity contribution in [3.05, 3.63) is 53.6 Å². The van der Waals surface area contributed by atoms with Crippen molar-refractivity contribution in [2.45, 2.75) is 11.6 Å². The zero-order valence-electron chi connectivity index (χ0n) is 15.2. The number of nitrogens with zero attached hydrogens (tertiary/aromatic N) is 1. The van der Waals surface area contributed by atoms with Gasteiger partial charge in [0.15, 0.2) is 0 Å². The highest BCUT2D eigenvalue weighted by molar-refractivity contribution is 7.99. The van der Waals surface area contributed by atoms with Crippen LogP contribution in [0.2, 0.25) is 0 Å². The fourth-order valence-corrected chi connectivity index (χ4v) is 4.12. The standard InChI is InChI=1S/C19H19F3N2O3S/c1-26-15-9-14(10-16(11-15)27-2)23-18(25)24-7-8-28-17(24)12-3-5-13(6-4-12)19(20,21)22/h3-6,9-11,17H,7-8H2,1-2H3,(H,23,25)/t17-/m0/s1. The van der Waals surface area contributed by atoms with Gasteiger partial charge in [0.2, 0.25) is 0 Å². The summed E-state index contributed by atoms with van der Waals surface area (Å²) in [6.07, 6.45) is -4.39. The summed E-state index contributed by atoms with van der Waals surface area (Å²) < 4.78 is 48.7. The molecule has 1 atom stereocenters. The molecular formula is C19H19F3N2O3S. The molecule has 0 aromatic heterocycles. The molecule has 2 aromatic carbocycles. The van der Waals surface area contributed by atoms with Crippen molar-refractivity contribution in [1.82, 2.24) is 4.90 Å². The van der Waals surface area contributed by atoms with Gasteiger partial charge in [-0.05, 0) is 17.7 Å². The van der Waals surface area contributed by atoms with E-state index in [1.165, 1.54) is 38.1 Å². The third-order valence-corrected chi connectivity index (χ3v) is 5.54. The topological polar surface area (TPSA) is 50.8 Å². The molecule has 3 rings (SSSR count). The van der Waals surface area contributed by atoms with Crippen LogP contribution in [0.25, 0.3) is 0 Å². The van der Waals surface area contributed by atoms with E-state index < -0.39 is 11.7 Å². The normalized spacial score (nSPS) is 16.8. The number of carbonyl (C=O) groups is 1. The van der Waals surface area contributed by atoms with Crippen LogP contribution in [0.15, 0.2) is 42.5 Å². The maximum Gasteiger partial charge on any atom is 0.416 e. The Labute approximate surface area is 164 Å². The second-order valence-electron chi connectivity index (χ2n) is 6.07. The van der Waals surface area contributed by atoms with Gasteiger partial charge in [-0.25, -0.2) is 4.79 Å². The Morgan fingerprint density at radius 1 is 1.11 bits per heavy atom. The van der Waals surface area contributed by atoms with Crippen LogP contribution in [0, 0.1) is 0 Å². The Bertz CT molecular complexity index is 821. The summed E-state index contributed by atoms with van der Waals surface area (Å²) in [4.78, 5) is 14.4. The molecule has 1 fully saturated rings. The second kappa shape index (κ2) is 8.22. The van der Waals surface area contributed by atoms with E-state index in [2.05, 4.69) is 5.32 Å². The smallest absolute Gasteiger partial charge is 0.416 e. The predicted molar refractivity (Wildman–Crippen MR) is 102 cm³/mol. The van der Waals surface area contributed by atoms with E-state index in [0.29, 0.717) is 35.0 Å². The van der Waals surface area contributed by atoms with E-state index in [4.69, 9.17) is 9.47 Å². The third kappa shape index (κ3) is 4.46. The van der Waals surface area contributed by atoms with Gasteiger partial charge >= 0.3 is 12.2 Å². The lowest BCUT2D eigenvalue weighted by atomic mass is 10.1. The van der Waals surface area contributed by atoms with Gasteiger partial charge in [0, 0.05) is 36.2 Å². The molecule has 2 aromatic rings. The van der Waals surface area contributed by atoms with Gasteiger partial charge in [-0.1, -0.05) is 12.1 Å². The van der Waals surface area contributed by atoms with Crippen molar-refractivity contribution in [3.63, 3.8) is 0 Å². The van der Waals surface area contributed by atoms with E-state index in [9.17, 15) is 18.0 Å². The second-order valence-corrected chi connectivity index (χ2v) is 7.26. The van der Waals surface area contributed by atoms with Gasteiger partial charge in [-0.15, -0.1) is 11.8 Å². The molecule has 5 nitrogen and oxygen atoms in total. The monoisotopic (exact) mass is 412 g/mol. The highest BCUT2D eigenvalue weighted by Crippen LogP contribution is 2.39. The predicted octanol–water partition coefficient (Wildman–Crippen LogP) is 5.00. The Morgan fingerprint density at radius 2 is 1.71 bits per heavy atom. The lowest BCUT2D eigenvalue weighted by Crippen LogP contribution is -2.34. The van der Waals surface area contributed by atoms with E-state index >= 15 is 0 Å². The van der Waals surface area contributed by atoms with Crippen LogP contribution < -0.4 is 14.8 Å². The molecule has 9 heteroatoms. The molecule has 0 unspecified atom stereocenters. The minimum absolute atomic E-state index is 0.342. The molecule has 28 heavy (non-hydrogen) atoms. The van der Waals surface area contributed by atoms with Crippen LogP contribution in [-0.2, 0) is 6.18 Å². The van der Waals surface area contributed by atoms with Crippen LogP contribution in [0.3, 0.4) is 0 Å². The van der Waals surface area contributed by atoms with Crippen LogP contribution in [0.4, 0.5) is 23.7 Å². The molecular weight excluding hydrogens is 393 g/mol. The van der Waals surface area contributed by atoms with E-state index in [1.807, 2.05) is 0 Å². The number of alkyl halides is 3. The van der Waals surface area contributed by atoms with Gasteiger partial charge < -0.3 is 19.7 Å². The summed E-state index contributed by atoms with van der Waals surface area (Å²) in [5, 5.41) is 2.45. The van der Waals surface area contributed by atoms with Gasteiger partial charge in [0.25, 0.3) is 0 Å². The lowest BCUT2D eigenvalue weighted by molar-refractivity contribution is -0.137. The van der Waals surface area contributed by atoms with E-state index in [0.717, 1.165) is 12.1 Å². The molecule has 0 bridgehead atoms. The first kappa shape index (κ1) is 20.2. The lowest BCUT2D eigenvalue weighted by Gasteiger charge is -2.25. The van der Waals surface area contributed by atoms with Gasteiger partial charge in [-0.3, -0.25) is 0 Å². The van der Waals surface area contributed by atoms with Crippen molar-refractivity contribution in [2.24, 2.45) is 0 Å². The van der Waals surface area contributed by atoms with Crippen molar-refractivity contribution < 1.29 is 27.4 Å². The van der Waals surface area contributed by atoms with E-state index in [1.54, 1.807) is 23.1 Å². The maximum atomic E-state index is 12.8. The number of ether oxygens (including phenoxy) is 2. The Morgan fingerprint density at radius 3 is 2.25 bits per heavy atom. The number of hydrogen-bond acceptors (Lipinski definition) is 4. The van der Waals surface area contributed by atoms with Crippen molar-refractivity contribution in [3.8, 4) is 11.5 Å². The summed E-state index contributed by atoms with van der Waals surface area (Å²) in [7, 11) is 3.02. The molecule has 1 aliphatic rings. The number of methoxy groups -OCH3 is 2. The number of carbonyl (C=O) groups excluding carboxylic acids is 1. The molecule has 1 heterocycles. The van der Waals surface area contributed by atoms with Crippen LogP contribution in [0.5, 0.6) is 11.5 Å². The number of anilines is 1. The number of rotatable bonds is 4. The minimum atomic E-state index is -4.39. The number of halogens is 3. The van der Waals surface area contributed by atoms with E-state index in [-0.39, 0.29) is 11.4 Å². The van der Waals surface area contributed by atoms with Gasteiger partial charge in [0.05, 0.1) is 19.8 Å². The molecule has 0 radical (unpaired) electrons. The van der Waals surface area contributed by atoms with Crippen LogP contribution >= 0.6 is 11.8 Å². The zero-order chi connectivity index (χ0) is 20.3. The van der Waals surface area contributed by atoms with Crippen molar-refractivity contribution in [2.75, 3.05) is 31.8 Å². The number of nitrogens with one attached hydrogen (secondary N) is 1. The number of hydrogen-bond donors (Lipinski definition) is 1. The highest BCUT2D eigenvalue weighted by atomic mass is 32.2. The third-order valence-electron chi connectivity index (χ3n) is 4.28. The average molecular weight is 412 g/mol. The fraction of sp³-hybridized carbons (Fsp3) is 0.316. The SMILES string of the molecule is COc1cc(NC(=O)N2CCS[C@H]2c2ccc(C(F)(F)F)cc2)cc(OC)c1. The molecule has 1 aliphatic heterocycles. The van der Waals surface area contributed by atoms with Gasteiger partial charge in [0.1, 0.15) is 16.9 Å². The molecule has 2 amide bonds. The van der Waals surface area contributed by atoms with Crippen molar-refractivity contribution in [1.29, 1.82) is 0 Å². The summed E-state index contributed by atoms with van der Waals surface area (Å²) >= 11 is 1.51. The number of thioether (sulfide) groups is 1. The number of benzene rings is 2. The summed E-state index contributed by atoms with van der Waals surface area (Å²) in [5.74, 6) is 1.76. The largest absolute Gasteiger partial charge is 0.497 e. The first-order chi connectivity index (χ1) is 13.3. The average Bonchev–Trinajstić information content (AvgIpc) is 3.17. The number of urea groups is 1. The molecule has 0 aliphatic carbocycles. The Balaban J connectivity index is 1.76. The molecule has 1 N–H and O–H groups in total. The Kier molecular flexibility index (Phi) is 5.93. The fourth-order valence-electron chi connectivity index (χ4n) is 2.87. The van der Waals surface area contributed by atoms with Crippen LogP contribution in [-0.4, -0.2) is 37.4 Å². The van der Waals surface area contributed by atoms with Crippen LogP contribution in [0.1, 0.15) is 16.5 Å². The summed E-state index contributed by atoms with van der Waals surface area (Å²) in [6.45, 7) is 0.489. The van der Waals surface area contributed by atoms with Gasteiger partial charge in [-0.2, -0.15) is 13.2 Å². The summed E-state index contributed by atoms with van der Waals surface area (Å²) in [6, 6.07) is 9.58. The molecule has 0 saturated carbocycles. The minimum Gasteiger partial charge on any atom is -0.497 e. The molecule has 150 valence electrons. The maximum absolute atomic E-state index is 12.8. The first-order valence-corrected chi connectivity index (χ1v) is 9.46. The molecule has 1 saturated heterocycles. The highest BCUT2D eigenvalue weighted by Gasteiger charge is 2.33. The Hall–Kier alpha value is -2.55. The zero-order valence-corrected chi connectivity index (χ0v) is 16.1.